The van der Waals surface area contributed by atoms with Gasteiger partial charge >= 0.3 is 0 Å². The molecule has 1 aromatic rings. The SMILES string of the molecule is C=C/C=C\C(=C/C)NC(=O)c1ccccc1. The van der Waals surface area contributed by atoms with E-state index in [-0.39, 0.29) is 5.91 Å². The zero-order valence-electron chi connectivity index (χ0n) is 9.31. The van der Waals surface area contributed by atoms with Gasteiger partial charge in [-0.2, -0.15) is 0 Å². The van der Waals surface area contributed by atoms with E-state index < -0.39 is 0 Å². The van der Waals surface area contributed by atoms with Crippen molar-refractivity contribution in [2.75, 3.05) is 0 Å². The molecule has 0 atom stereocenters. The molecular formula is C14H15NO. The van der Waals surface area contributed by atoms with Gasteiger partial charge in [0.25, 0.3) is 5.91 Å². The van der Waals surface area contributed by atoms with E-state index in [0.29, 0.717) is 5.56 Å². The van der Waals surface area contributed by atoms with E-state index in [1.54, 1.807) is 30.4 Å². The molecule has 0 aromatic heterocycles. The average Bonchev–Trinajstić information content (AvgIpc) is 2.35. The van der Waals surface area contributed by atoms with Crippen LogP contribution < -0.4 is 5.32 Å². The molecule has 0 aliphatic heterocycles. The van der Waals surface area contributed by atoms with E-state index in [0.717, 1.165) is 5.70 Å². The topological polar surface area (TPSA) is 29.1 Å². The van der Waals surface area contributed by atoms with Crippen LogP contribution in [-0.4, -0.2) is 5.91 Å². The Kier molecular flexibility index (Phi) is 4.80. The van der Waals surface area contributed by atoms with Crippen molar-refractivity contribution < 1.29 is 4.79 Å². The maximum Gasteiger partial charge on any atom is 0.255 e. The van der Waals surface area contributed by atoms with E-state index in [2.05, 4.69) is 11.9 Å². The Labute approximate surface area is 96.0 Å². The molecule has 1 rings (SSSR count). The number of carbonyl (C=O) groups is 1. The second kappa shape index (κ2) is 6.40. The largest absolute Gasteiger partial charge is 0.322 e. The lowest BCUT2D eigenvalue weighted by Crippen LogP contribution is -2.21. The van der Waals surface area contributed by atoms with Crippen molar-refractivity contribution in [3.05, 3.63) is 72.5 Å². The summed E-state index contributed by atoms with van der Waals surface area (Å²) in [6, 6.07) is 9.11. The molecule has 2 nitrogen and oxygen atoms in total. The van der Waals surface area contributed by atoms with Gasteiger partial charge < -0.3 is 5.32 Å². The smallest absolute Gasteiger partial charge is 0.255 e. The molecule has 82 valence electrons. The lowest BCUT2D eigenvalue weighted by molar-refractivity contribution is 0.0967. The van der Waals surface area contributed by atoms with Crippen LogP contribution in [0.1, 0.15) is 17.3 Å². The standard InChI is InChI=1S/C14H15NO/c1-3-5-11-13(4-2)15-14(16)12-9-7-6-8-10-12/h3-11H,1H2,2H3,(H,15,16)/b11-5-,13-4+. The monoisotopic (exact) mass is 213 g/mol. The molecule has 0 unspecified atom stereocenters. The summed E-state index contributed by atoms with van der Waals surface area (Å²) in [7, 11) is 0. The summed E-state index contributed by atoms with van der Waals surface area (Å²) in [4.78, 5) is 11.8. The summed E-state index contributed by atoms with van der Waals surface area (Å²) in [5.41, 5.74) is 1.41. The van der Waals surface area contributed by atoms with Crippen LogP contribution in [0.4, 0.5) is 0 Å². The Bertz CT molecular complexity index is 416. The maximum absolute atomic E-state index is 11.8. The highest BCUT2D eigenvalue weighted by Crippen LogP contribution is 2.00. The predicted octanol–water partition coefficient (Wildman–Crippen LogP) is 3.06. The fraction of sp³-hybridized carbons (Fsp3) is 0.0714. The van der Waals surface area contributed by atoms with Crippen LogP contribution in [0.3, 0.4) is 0 Å². The highest BCUT2D eigenvalue weighted by Gasteiger charge is 2.03. The molecule has 0 fully saturated rings. The number of hydrogen-bond acceptors (Lipinski definition) is 1. The zero-order valence-corrected chi connectivity index (χ0v) is 9.31. The fourth-order valence-electron chi connectivity index (χ4n) is 1.17. The summed E-state index contributed by atoms with van der Waals surface area (Å²) >= 11 is 0. The van der Waals surface area contributed by atoms with E-state index in [4.69, 9.17) is 0 Å². The number of hydrogen-bond donors (Lipinski definition) is 1. The van der Waals surface area contributed by atoms with Gasteiger partial charge in [-0.1, -0.05) is 43.0 Å². The molecule has 1 N–H and O–H groups in total. The van der Waals surface area contributed by atoms with Crippen molar-refractivity contribution in [2.45, 2.75) is 6.92 Å². The average molecular weight is 213 g/mol. The van der Waals surface area contributed by atoms with Crippen LogP contribution >= 0.6 is 0 Å². The molecular weight excluding hydrogens is 198 g/mol. The summed E-state index contributed by atoms with van der Waals surface area (Å²) in [6.45, 7) is 5.45. The summed E-state index contributed by atoms with van der Waals surface area (Å²) in [5.74, 6) is -0.109. The molecule has 1 amide bonds. The molecule has 0 bridgehead atoms. The van der Waals surface area contributed by atoms with Crippen molar-refractivity contribution in [1.29, 1.82) is 0 Å². The number of rotatable bonds is 4. The molecule has 2 heteroatoms. The Balaban J connectivity index is 2.71. The van der Waals surface area contributed by atoms with Crippen LogP contribution in [0.2, 0.25) is 0 Å². The van der Waals surface area contributed by atoms with Crippen LogP contribution in [0.15, 0.2) is 66.9 Å². The molecule has 0 saturated heterocycles. The van der Waals surface area contributed by atoms with Gasteiger partial charge in [-0.25, -0.2) is 0 Å². The number of amides is 1. The fourth-order valence-corrected chi connectivity index (χ4v) is 1.17. The number of allylic oxidation sites excluding steroid dienone is 4. The molecule has 0 radical (unpaired) electrons. The van der Waals surface area contributed by atoms with E-state index in [1.807, 2.05) is 31.2 Å². The third kappa shape index (κ3) is 3.58. The van der Waals surface area contributed by atoms with Gasteiger partial charge in [0.05, 0.1) is 0 Å². The lowest BCUT2D eigenvalue weighted by Gasteiger charge is -2.05. The third-order valence-corrected chi connectivity index (χ3v) is 2.02. The Morgan fingerprint density at radius 3 is 2.56 bits per heavy atom. The molecule has 16 heavy (non-hydrogen) atoms. The van der Waals surface area contributed by atoms with Gasteiger partial charge in [-0.05, 0) is 25.1 Å². The van der Waals surface area contributed by atoms with Gasteiger partial charge in [0.1, 0.15) is 0 Å². The van der Waals surface area contributed by atoms with Crippen LogP contribution in [0, 0.1) is 0 Å². The zero-order chi connectivity index (χ0) is 11.8. The highest BCUT2D eigenvalue weighted by molar-refractivity contribution is 5.95. The first kappa shape index (κ1) is 12.0. The Morgan fingerprint density at radius 2 is 2.00 bits per heavy atom. The summed E-state index contributed by atoms with van der Waals surface area (Å²) < 4.78 is 0. The van der Waals surface area contributed by atoms with Crippen molar-refractivity contribution in [3.63, 3.8) is 0 Å². The van der Waals surface area contributed by atoms with Gasteiger partial charge in [0.2, 0.25) is 0 Å². The van der Waals surface area contributed by atoms with Crippen LogP contribution in [0.25, 0.3) is 0 Å². The van der Waals surface area contributed by atoms with Crippen molar-refractivity contribution in [1.82, 2.24) is 5.32 Å². The molecule has 0 saturated carbocycles. The quantitative estimate of drug-likeness (QED) is 0.765. The van der Waals surface area contributed by atoms with Crippen molar-refractivity contribution >= 4 is 5.91 Å². The summed E-state index contributed by atoms with van der Waals surface area (Å²) in [5, 5.41) is 2.81. The first-order valence-corrected chi connectivity index (χ1v) is 5.09. The normalized spacial score (nSPS) is 11.4. The maximum atomic E-state index is 11.8. The van der Waals surface area contributed by atoms with E-state index in [9.17, 15) is 4.79 Å². The first-order chi connectivity index (χ1) is 7.77. The Morgan fingerprint density at radius 1 is 1.31 bits per heavy atom. The molecule has 0 spiro atoms. The highest BCUT2D eigenvalue weighted by atomic mass is 16.1. The van der Waals surface area contributed by atoms with Crippen LogP contribution in [0.5, 0.6) is 0 Å². The molecule has 1 aromatic carbocycles. The van der Waals surface area contributed by atoms with Gasteiger partial charge in [-0.3, -0.25) is 4.79 Å². The first-order valence-electron chi connectivity index (χ1n) is 5.09. The second-order valence-corrected chi connectivity index (χ2v) is 3.16. The predicted molar refractivity (Wildman–Crippen MR) is 67.0 cm³/mol. The van der Waals surface area contributed by atoms with E-state index >= 15 is 0 Å². The molecule has 0 aliphatic carbocycles. The lowest BCUT2D eigenvalue weighted by atomic mass is 10.2. The van der Waals surface area contributed by atoms with Gasteiger partial charge in [0.15, 0.2) is 0 Å². The van der Waals surface area contributed by atoms with E-state index in [1.165, 1.54) is 0 Å². The van der Waals surface area contributed by atoms with Gasteiger partial charge in [-0.15, -0.1) is 0 Å². The number of benzene rings is 1. The van der Waals surface area contributed by atoms with Crippen molar-refractivity contribution in [2.24, 2.45) is 0 Å². The number of nitrogens with one attached hydrogen (secondary N) is 1. The minimum Gasteiger partial charge on any atom is -0.322 e. The number of carbonyl (C=O) groups excluding carboxylic acids is 1. The Hall–Kier alpha value is -2.09. The van der Waals surface area contributed by atoms with Crippen LogP contribution in [-0.2, 0) is 0 Å². The van der Waals surface area contributed by atoms with Gasteiger partial charge in [0, 0.05) is 11.3 Å². The third-order valence-electron chi connectivity index (χ3n) is 2.02. The van der Waals surface area contributed by atoms with Crippen molar-refractivity contribution in [3.8, 4) is 0 Å². The molecule has 0 heterocycles. The molecule has 0 aliphatic rings. The minimum absolute atomic E-state index is 0.109. The minimum atomic E-state index is -0.109. The second-order valence-electron chi connectivity index (χ2n) is 3.16. The summed E-state index contributed by atoms with van der Waals surface area (Å²) in [6.07, 6.45) is 7.08.